The summed E-state index contributed by atoms with van der Waals surface area (Å²) in [4.78, 5) is 34.4. The average Bonchev–Trinajstić information content (AvgIpc) is 2.87. The number of hydrogen-bond donors (Lipinski definition) is 3. The Hall–Kier alpha value is -1.59. The zero-order chi connectivity index (χ0) is 15.7. The lowest BCUT2D eigenvalue weighted by Crippen LogP contribution is -2.50. The number of carbonyl (C=O) groups is 3. The van der Waals surface area contributed by atoms with E-state index in [1.807, 2.05) is 0 Å². The maximum atomic E-state index is 11.9. The number of nitrogens with two attached hydrogens (primary N) is 1. The van der Waals surface area contributed by atoms with Crippen LogP contribution in [-0.2, 0) is 14.4 Å². The van der Waals surface area contributed by atoms with Gasteiger partial charge in [-0.15, -0.1) is 0 Å². The van der Waals surface area contributed by atoms with Crippen LogP contribution < -0.4 is 16.4 Å². The van der Waals surface area contributed by atoms with Gasteiger partial charge in [0.05, 0.1) is 0 Å². The number of nitrogens with one attached hydrogen (secondary N) is 2. The highest BCUT2D eigenvalue weighted by atomic mass is 16.2. The molecule has 0 aromatic carbocycles. The minimum absolute atomic E-state index is 0.123. The van der Waals surface area contributed by atoms with Crippen molar-refractivity contribution >= 4 is 17.7 Å². The van der Waals surface area contributed by atoms with Crippen LogP contribution in [0.4, 0.5) is 0 Å². The van der Waals surface area contributed by atoms with Gasteiger partial charge in [-0.2, -0.15) is 0 Å². The van der Waals surface area contributed by atoms with E-state index in [-0.39, 0.29) is 11.8 Å². The Labute approximate surface area is 126 Å². The number of carbonyl (C=O) groups excluding carboxylic acids is 3. The third-order valence-corrected chi connectivity index (χ3v) is 3.82. The van der Waals surface area contributed by atoms with Gasteiger partial charge in [0.15, 0.2) is 0 Å². The van der Waals surface area contributed by atoms with Crippen molar-refractivity contribution < 1.29 is 14.4 Å². The van der Waals surface area contributed by atoms with Crippen molar-refractivity contribution in [3.05, 3.63) is 0 Å². The Balaban J connectivity index is 2.27. The van der Waals surface area contributed by atoms with Gasteiger partial charge < -0.3 is 16.4 Å². The first-order valence-electron chi connectivity index (χ1n) is 7.93. The van der Waals surface area contributed by atoms with Crippen molar-refractivity contribution in [3.8, 4) is 0 Å². The van der Waals surface area contributed by atoms with Gasteiger partial charge in [-0.1, -0.05) is 45.4 Å². The monoisotopic (exact) mass is 297 g/mol. The average molecular weight is 297 g/mol. The Bertz CT molecular complexity index is 371. The quantitative estimate of drug-likeness (QED) is 0.524. The van der Waals surface area contributed by atoms with Crippen LogP contribution >= 0.6 is 0 Å². The summed E-state index contributed by atoms with van der Waals surface area (Å²) < 4.78 is 0. The van der Waals surface area contributed by atoms with E-state index in [4.69, 9.17) is 5.73 Å². The van der Waals surface area contributed by atoms with E-state index in [9.17, 15) is 14.4 Å². The summed E-state index contributed by atoms with van der Waals surface area (Å²) in [6, 6.07) is -1.16. The summed E-state index contributed by atoms with van der Waals surface area (Å²) in [5.74, 6) is -0.946. The van der Waals surface area contributed by atoms with Crippen LogP contribution in [0.5, 0.6) is 0 Å². The molecule has 0 radical (unpaired) electrons. The number of unbranched alkanes of at least 4 members (excludes halogenated alkanes) is 5. The van der Waals surface area contributed by atoms with Gasteiger partial charge in [-0.3, -0.25) is 14.4 Å². The molecule has 1 saturated heterocycles. The molecule has 0 aliphatic carbocycles. The molecule has 6 nitrogen and oxygen atoms in total. The van der Waals surface area contributed by atoms with Gasteiger partial charge in [0.25, 0.3) is 0 Å². The summed E-state index contributed by atoms with van der Waals surface area (Å²) in [7, 11) is 0. The molecule has 3 amide bonds. The normalized spacial score (nSPS) is 19.1. The maximum Gasteiger partial charge on any atom is 0.243 e. The van der Waals surface area contributed by atoms with E-state index in [0.29, 0.717) is 19.3 Å². The molecule has 0 aromatic rings. The first kappa shape index (κ1) is 17.5. The van der Waals surface area contributed by atoms with Crippen molar-refractivity contribution in [2.75, 3.05) is 0 Å². The predicted molar refractivity (Wildman–Crippen MR) is 80.3 cm³/mol. The molecule has 1 rings (SSSR count). The molecule has 1 fully saturated rings. The summed E-state index contributed by atoms with van der Waals surface area (Å²) >= 11 is 0. The first-order chi connectivity index (χ1) is 10.0. The second-order valence-electron chi connectivity index (χ2n) is 5.68. The molecule has 1 heterocycles. The summed E-state index contributed by atoms with van der Waals surface area (Å²) in [6.07, 6.45) is 8.10. The van der Waals surface area contributed by atoms with Crippen LogP contribution in [0.2, 0.25) is 0 Å². The number of primary amides is 1. The molecule has 0 saturated carbocycles. The van der Waals surface area contributed by atoms with Crippen molar-refractivity contribution in [2.45, 2.75) is 76.8 Å². The number of rotatable bonds is 10. The molecule has 1 aliphatic rings. The summed E-state index contributed by atoms with van der Waals surface area (Å²) in [5.41, 5.74) is 5.33. The van der Waals surface area contributed by atoms with Gasteiger partial charge in [0.1, 0.15) is 12.1 Å². The predicted octanol–water partition coefficient (Wildman–Crippen LogP) is 0.986. The molecule has 0 spiro atoms. The smallest absolute Gasteiger partial charge is 0.243 e. The minimum atomic E-state index is -0.638. The molecule has 0 bridgehead atoms. The second kappa shape index (κ2) is 9.37. The van der Waals surface area contributed by atoms with Gasteiger partial charge in [-0.25, -0.2) is 0 Å². The lowest BCUT2D eigenvalue weighted by Gasteiger charge is -2.18. The Morgan fingerprint density at radius 3 is 2.52 bits per heavy atom. The van der Waals surface area contributed by atoms with Crippen LogP contribution in [0.1, 0.15) is 64.7 Å². The fourth-order valence-electron chi connectivity index (χ4n) is 2.50. The molecule has 1 aliphatic heterocycles. The van der Waals surface area contributed by atoms with Crippen molar-refractivity contribution in [1.29, 1.82) is 0 Å². The number of hydrogen-bond acceptors (Lipinski definition) is 3. The highest BCUT2D eigenvalue weighted by molar-refractivity contribution is 5.93. The minimum Gasteiger partial charge on any atom is -0.368 e. The van der Waals surface area contributed by atoms with Gasteiger partial charge in [0, 0.05) is 6.42 Å². The van der Waals surface area contributed by atoms with Crippen LogP contribution in [-0.4, -0.2) is 29.8 Å². The zero-order valence-corrected chi connectivity index (χ0v) is 12.8. The first-order valence-corrected chi connectivity index (χ1v) is 7.93. The fourth-order valence-corrected chi connectivity index (χ4v) is 2.50. The van der Waals surface area contributed by atoms with Crippen LogP contribution in [0.15, 0.2) is 0 Å². The molecule has 0 aromatic heterocycles. The highest BCUT2D eigenvalue weighted by Gasteiger charge is 2.29. The molecule has 0 unspecified atom stereocenters. The van der Waals surface area contributed by atoms with E-state index in [2.05, 4.69) is 17.6 Å². The van der Waals surface area contributed by atoms with Crippen LogP contribution in [0, 0.1) is 0 Å². The van der Waals surface area contributed by atoms with E-state index in [0.717, 1.165) is 19.3 Å². The topological polar surface area (TPSA) is 101 Å². The Kier molecular flexibility index (Phi) is 7.79. The van der Waals surface area contributed by atoms with Crippen molar-refractivity contribution in [2.24, 2.45) is 5.73 Å². The molecular weight excluding hydrogens is 270 g/mol. The molecule has 21 heavy (non-hydrogen) atoms. The Morgan fingerprint density at radius 1 is 1.29 bits per heavy atom. The SMILES string of the molecule is CCCCCCCC[C@@H](NC(=O)[C@@H]1CCC(=O)N1)C(N)=O. The molecule has 120 valence electrons. The van der Waals surface area contributed by atoms with Gasteiger partial charge >= 0.3 is 0 Å². The summed E-state index contributed by atoms with van der Waals surface area (Å²) in [5, 5.41) is 5.24. The fraction of sp³-hybridized carbons (Fsp3) is 0.800. The van der Waals surface area contributed by atoms with Crippen molar-refractivity contribution in [3.63, 3.8) is 0 Å². The van der Waals surface area contributed by atoms with E-state index >= 15 is 0 Å². The molecule has 4 N–H and O–H groups in total. The lowest BCUT2D eigenvalue weighted by atomic mass is 10.0. The zero-order valence-electron chi connectivity index (χ0n) is 12.8. The molecular formula is C15H27N3O3. The Morgan fingerprint density at radius 2 is 1.95 bits per heavy atom. The van der Waals surface area contributed by atoms with Crippen LogP contribution in [0.25, 0.3) is 0 Å². The van der Waals surface area contributed by atoms with Gasteiger partial charge in [-0.05, 0) is 12.8 Å². The van der Waals surface area contributed by atoms with Crippen LogP contribution in [0.3, 0.4) is 0 Å². The van der Waals surface area contributed by atoms with Gasteiger partial charge in [0.2, 0.25) is 17.7 Å². The largest absolute Gasteiger partial charge is 0.368 e. The maximum absolute atomic E-state index is 11.9. The third-order valence-electron chi connectivity index (χ3n) is 3.82. The highest BCUT2D eigenvalue weighted by Crippen LogP contribution is 2.10. The standard InChI is InChI=1S/C15H27N3O3/c1-2-3-4-5-6-7-8-11(14(16)20)18-15(21)12-9-10-13(19)17-12/h11-12H,2-10H2,1H3,(H2,16,20)(H,17,19)(H,18,21)/t11-,12+/m1/s1. The second-order valence-corrected chi connectivity index (χ2v) is 5.68. The summed E-state index contributed by atoms with van der Waals surface area (Å²) in [6.45, 7) is 2.17. The third kappa shape index (κ3) is 6.60. The number of amides is 3. The van der Waals surface area contributed by atoms with E-state index in [1.54, 1.807) is 0 Å². The van der Waals surface area contributed by atoms with E-state index in [1.165, 1.54) is 19.3 Å². The molecule has 2 atom stereocenters. The van der Waals surface area contributed by atoms with Crippen molar-refractivity contribution in [1.82, 2.24) is 10.6 Å². The molecule has 6 heteroatoms. The lowest BCUT2D eigenvalue weighted by molar-refractivity contribution is -0.129. The van der Waals surface area contributed by atoms with E-state index < -0.39 is 18.0 Å².